The Balaban J connectivity index is 1.64. The number of carbonyl (C=O) groups is 1. The molecule has 2 aromatic heterocycles. The molecule has 0 radical (unpaired) electrons. The molecule has 2 heterocycles. The molecule has 7 heteroatoms. The number of carbonyl (C=O) groups excluding carboxylic acids is 1. The first kappa shape index (κ1) is 17.7. The average molecular weight is 373 g/mol. The molecule has 0 aliphatic carbocycles. The van der Waals surface area contributed by atoms with E-state index in [4.69, 9.17) is 0 Å². The molecule has 0 aliphatic heterocycles. The molecule has 28 heavy (non-hydrogen) atoms. The predicted molar refractivity (Wildman–Crippen MR) is 107 cm³/mol. The summed E-state index contributed by atoms with van der Waals surface area (Å²) in [6, 6.07) is 17.7. The molecule has 4 aromatic rings. The second-order valence-electron chi connectivity index (χ2n) is 6.52. The minimum atomic E-state index is -0.272. The number of hydrogen-bond donors (Lipinski definition) is 2. The Morgan fingerprint density at radius 1 is 1.11 bits per heavy atom. The van der Waals surface area contributed by atoms with Crippen molar-refractivity contribution in [3.63, 3.8) is 0 Å². The van der Waals surface area contributed by atoms with Crippen LogP contribution in [0.3, 0.4) is 0 Å². The van der Waals surface area contributed by atoms with Gasteiger partial charge in [-0.3, -0.25) is 14.9 Å². The minimum Gasteiger partial charge on any atom is -0.313 e. The molecule has 0 aliphatic rings. The van der Waals surface area contributed by atoms with Crippen molar-refractivity contribution in [3.05, 3.63) is 88.1 Å². The molecule has 0 atom stereocenters. The van der Waals surface area contributed by atoms with Crippen LogP contribution in [0.15, 0.2) is 65.7 Å². The maximum absolute atomic E-state index is 12.6. The third kappa shape index (κ3) is 3.55. The van der Waals surface area contributed by atoms with E-state index in [9.17, 15) is 9.59 Å². The fourth-order valence-corrected chi connectivity index (χ4v) is 3.10. The molecule has 2 N–H and O–H groups in total. The lowest BCUT2D eigenvalue weighted by atomic mass is 10.2. The summed E-state index contributed by atoms with van der Waals surface area (Å²) in [6.45, 7) is 2.23. The summed E-state index contributed by atoms with van der Waals surface area (Å²) >= 11 is 0. The van der Waals surface area contributed by atoms with E-state index in [0.717, 1.165) is 16.6 Å². The first-order valence-electron chi connectivity index (χ1n) is 8.94. The highest BCUT2D eigenvalue weighted by Gasteiger charge is 2.15. The molecule has 0 saturated heterocycles. The summed E-state index contributed by atoms with van der Waals surface area (Å²) in [5, 5.41) is 2.88. The van der Waals surface area contributed by atoms with Gasteiger partial charge in [-0.25, -0.2) is 9.97 Å². The second-order valence-corrected chi connectivity index (χ2v) is 6.52. The van der Waals surface area contributed by atoms with E-state index in [-0.39, 0.29) is 17.9 Å². The van der Waals surface area contributed by atoms with Crippen LogP contribution in [0, 0.1) is 6.92 Å². The number of para-hydroxylation sites is 2. The first-order valence-corrected chi connectivity index (χ1v) is 8.94. The van der Waals surface area contributed by atoms with Crippen LogP contribution in [0.5, 0.6) is 0 Å². The van der Waals surface area contributed by atoms with Crippen molar-refractivity contribution in [2.45, 2.75) is 19.9 Å². The summed E-state index contributed by atoms with van der Waals surface area (Å²) < 4.78 is 1.97. The van der Waals surface area contributed by atoms with Gasteiger partial charge in [0.2, 0.25) is 11.9 Å². The van der Waals surface area contributed by atoms with E-state index in [1.165, 1.54) is 6.33 Å². The van der Waals surface area contributed by atoms with E-state index in [1.54, 1.807) is 6.92 Å². The smallest absolute Gasteiger partial charge is 0.253 e. The number of fused-ring (bicyclic) bond motifs is 1. The Morgan fingerprint density at radius 2 is 1.86 bits per heavy atom. The number of nitrogens with one attached hydrogen (secondary N) is 2. The normalized spacial score (nSPS) is 10.9. The average Bonchev–Trinajstić information content (AvgIpc) is 3.03. The van der Waals surface area contributed by atoms with Crippen molar-refractivity contribution in [2.24, 2.45) is 0 Å². The van der Waals surface area contributed by atoms with Crippen molar-refractivity contribution in [1.82, 2.24) is 19.5 Å². The third-order valence-electron chi connectivity index (χ3n) is 4.61. The number of hydrogen-bond acceptors (Lipinski definition) is 4. The van der Waals surface area contributed by atoms with Gasteiger partial charge in [-0.15, -0.1) is 0 Å². The lowest BCUT2D eigenvalue weighted by Crippen LogP contribution is -2.22. The van der Waals surface area contributed by atoms with Crippen molar-refractivity contribution >= 4 is 22.9 Å². The van der Waals surface area contributed by atoms with Crippen LogP contribution in [0.4, 0.5) is 5.95 Å². The highest BCUT2D eigenvalue weighted by atomic mass is 16.1. The molecule has 0 bridgehead atoms. The molecular weight excluding hydrogens is 354 g/mol. The van der Waals surface area contributed by atoms with Crippen LogP contribution in [-0.2, 0) is 17.8 Å². The predicted octanol–water partition coefficient (Wildman–Crippen LogP) is 2.66. The van der Waals surface area contributed by atoms with E-state index >= 15 is 0 Å². The largest absolute Gasteiger partial charge is 0.313 e. The van der Waals surface area contributed by atoms with Crippen LogP contribution in [0.1, 0.15) is 16.8 Å². The second kappa shape index (κ2) is 7.48. The van der Waals surface area contributed by atoms with E-state index in [1.807, 2.05) is 59.2 Å². The maximum Gasteiger partial charge on any atom is 0.253 e. The van der Waals surface area contributed by atoms with Gasteiger partial charge in [-0.2, -0.15) is 0 Å². The lowest BCUT2D eigenvalue weighted by Gasteiger charge is -2.10. The Kier molecular flexibility index (Phi) is 4.72. The Bertz CT molecular complexity index is 1190. The van der Waals surface area contributed by atoms with Gasteiger partial charge in [0.25, 0.3) is 5.56 Å². The van der Waals surface area contributed by atoms with Gasteiger partial charge >= 0.3 is 0 Å². The SMILES string of the molecule is Cc1c(CC(=O)Nc2nc3ccccc3n2Cc2ccccc2)nc[nH]c1=O. The van der Waals surface area contributed by atoms with Crippen LogP contribution in [-0.4, -0.2) is 25.4 Å². The first-order chi connectivity index (χ1) is 13.6. The Morgan fingerprint density at radius 3 is 2.68 bits per heavy atom. The number of benzene rings is 2. The zero-order chi connectivity index (χ0) is 19.5. The van der Waals surface area contributed by atoms with Gasteiger partial charge in [-0.05, 0) is 24.6 Å². The summed E-state index contributed by atoms with van der Waals surface area (Å²) in [4.78, 5) is 35.5. The molecule has 1 amide bonds. The number of anilines is 1. The molecule has 0 spiro atoms. The van der Waals surface area contributed by atoms with E-state index in [2.05, 4.69) is 20.3 Å². The minimum absolute atomic E-state index is 0.00426. The molecule has 0 unspecified atom stereocenters. The quantitative estimate of drug-likeness (QED) is 0.562. The summed E-state index contributed by atoms with van der Waals surface area (Å²) in [6.07, 6.45) is 1.31. The van der Waals surface area contributed by atoms with Crippen molar-refractivity contribution in [3.8, 4) is 0 Å². The van der Waals surface area contributed by atoms with Gasteiger partial charge < -0.3 is 9.55 Å². The highest BCUT2D eigenvalue weighted by Crippen LogP contribution is 2.21. The number of H-pyrrole nitrogens is 1. The number of aromatic nitrogens is 4. The fourth-order valence-electron chi connectivity index (χ4n) is 3.10. The number of imidazole rings is 1. The Hall–Kier alpha value is -3.74. The van der Waals surface area contributed by atoms with Crippen LogP contribution in [0.25, 0.3) is 11.0 Å². The van der Waals surface area contributed by atoms with Crippen molar-refractivity contribution in [1.29, 1.82) is 0 Å². The zero-order valence-electron chi connectivity index (χ0n) is 15.3. The van der Waals surface area contributed by atoms with Gasteiger partial charge in [0.1, 0.15) is 0 Å². The van der Waals surface area contributed by atoms with Gasteiger partial charge in [0.15, 0.2) is 0 Å². The van der Waals surface area contributed by atoms with E-state index in [0.29, 0.717) is 23.8 Å². The molecule has 0 fully saturated rings. The topological polar surface area (TPSA) is 92.7 Å². The number of aromatic amines is 1. The monoisotopic (exact) mass is 373 g/mol. The molecular formula is C21H19N5O2. The third-order valence-corrected chi connectivity index (χ3v) is 4.61. The fraction of sp³-hybridized carbons (Fsp3) is 0.143. The highest BCUT2D eigenvalue weighted by molar-refractivity contribution is 5.92. The lowest BCUT2D eigenvalue weighted by molar-refractivity contribution is -0.115. The molecule has 4 rings (SSSR count). The number of nitrogens with zero attached hydrogens (tertiary/aromatic N) is 3. The van der Waals surface area contributed by atoms with Crippen LogP contribution >= 0.6 is 0 Å². The van der Waals surface area contributed by atoms with Crippen LogP contribution < -0.4 is 10.9 Å². The van der Waals surface area contributed by atoms with Gasteiger partial charge in [-0.1, -0.05) is 42.5 Å². The standard InChI is InChI=1S/C21H19N5O2/c1-14-17(22-13-23-20(14)28)11-19(27)25-21-24-16-9-5-6-10-18(16)26(21)12-15-7-3-2-4-8-15/h2-10,13H,11-12H2,1H3,(H,22,23,28)(H,24,25,27). The van der Waals surface area contributed by atoms with Gasteiger partial charge in [0, 0.05) is 5.56 Å². The molecule has 2 aromatic carbocycles. The zero-order valence-corrected chi connectivity index (χ0v) is 15.3. The maximum atomic E-state index is 12.6. The van der Waals surface area contributed by atoms with Gasteiger partial charge in [0.05, 0.1) is 36.0 Å². The summed E-state index contributed by atoms with van der Waals surface area (Å²) in [5.74, 6) is 0.198. The molecule has 140 valence electrons. The Labute approximate surface area is 161 Å². The number of amides is 1. The molecule has 7 nitrogen and oxygen atoms in total. The summed E-state index contributed by atoms with van der Waals surface area (Å²) in [7, 11) is 0. The van der Waals surface area contributed by atoms with Crippen molar-refractivity contribution < 1.29 is 4.79 Å². The molecule has 0 saturated carbocycles. The number of rotatable bonds is 5. The summed E-state index contributed by atoms with van der Waals surface area (Å²) in [5.41, 5.74) is 3.50. The van der Waals surface area contributed by atoms with Crippen molar-refractivity contribution in [2.75, 3.05) is 5.32 Å². The van der Waals surface area contributed by atoms with E-state index < -0.39 is 0 Å². The van der Waals surface area contributed by atoms with Crippen LogP contribution in [0.2, 0.25) is 0 Å².